The third-order valence-electron chi connectivity index (χ3n) is 4.34. The lowest BCUT2D eigenvalue weighted by Crippen LogP contribution is -2.51. The van der Waals surface area contributed by atoms with Crippen molar-refractivity contribution in [3.05, 3.63) is 0 Å². The standard InChI is InChI=1S/C13H22N2O4/c1-9-2-7-15(11(9)12(17)18)13(19)14-5-3-10(8-16)4-6-14/h9-11,16H,2-8H2,1H3,(H,17,18). The molecule has 2 aliphatic heterocycles. The molecule has 0 radical (unpaired) electrons. The molecule has 2 atom stereocenters. The van der Waals surface area contributed by atoms with E-state index in [0.717, 1.165) is 19.3 Å². The Labute approximate surface area is 113 Å². The zero-order valence-corrected chi connectivity index (χ0v) is 11.3. The molecule has 2 amide bonds. The summed E-state index contributed by atoms with van der Waals surface area (Å²) in [5.74, 6) is -0.628. The molecule has 2 saturated heterocycles. The van der Waals surface area contributed by atoms with Gasteiger partial charge in [0.1, 0.15) is 6.04 Å². The second kappa shape index (κ2) is 5.77. The van der Waals surface area contributed by atoms with Gasteiger partial charge >= 0.3 is 12.0 Å². The highest BCUT2D eigenvalue weighted by molar-refractivity contribution is 5.83. The molecule has 0 bridgehead atoms. The lowest BCUT2D eigenvalue weighted by molar-refractivity contribution is -0.142. The van der Waals surface area contributed by atoms with Crippen molar-refractivity contribution in [3.8, 4) is 0 Å². The van der Waals surface area contributed by atoms with Gasteiger partial charge in [0.2, 0.25) is 0 Å². The number of likely N-dealkylation sites (tertiary alicyclic amines) is 2. The molecule has 108 valence electrons. The van der Waals surface area contributed by atoms with Crippen molar-refractivity contribution in [1.29, 1.82) is 0 Å². The Bertz CT molecular complexity index is 353. The average molecular weight is 270 g/mol. The molecule has 19 heavy (non-hydrogen) atoms. The van der Waals surface area contributed by atoms with Crippen LogP contribution < -0.4 is 0 Å². The van der Waals surface area contributed by atoms with Crippen LogP contribution in [0.15, 0.2) is 0 Å². The third-order valence-corrected chi connectivity index (χ3v) is 4.34. The number of nitrogens with zero attached hydrogens (tertiary/aromatic N) is 2. The van der Waals surface area contributed by atoms with Crippen LogP contribution in [0.5, 0.6) is 0 Å². The normalized spacial score (nSPS) is 28.7. The van der Waals surface area contributed by atoms with E-state index in [9.17, 15) is 14.7 Å². The monoisotopic (exact) mass is 270 g/mol. The van der Waals surface area contributed by atoms with Crippen LogP contribution in [0.4, 0.5) is 4.79 Å². The fraction of sp³-hybridized carbons (Fsp3) is 0.846. The molecular weight excluding hydrogens is 248 g/mol. The van der Waals surface area contributed by atoms with E-state index in [4.69, 9.17) is 5.11 Å². The first-order chi connectivity index (χ1) is 9.04. The number of piperidine rings is 1. The summed E-state index contributed by atoms with van der Waals surface area (Å²) in [6.45, 7) is 3.80. The van der Waals surface area contributed by atoms with Crippen LogP contribution in [0.3, 0.4) is 0 Å². The van der Waals surface area contributed by atoms with E-state index in [1.54, 1.807) is 4.90 Å². The fourth-order valence-electron chi connectivity index (χ4n) is 3.03. The van der Waals surface area contributed by atoms with Crippen molar-refractivity contribution in [2.45, 2.75) is 32.2 Å². The predicted octanol–water partition coefficient (Wildman–Crippen LogP) is 0.606. The summed E-state index contributed by atoms with van der Waals surface area (Å²) in [6.07, 6.45) is 2.34. The second-order valence-corrected chi connectivity index (χ2v) is 5.64. The number of carbonyl (C=O) groups excluding carboxylic acids is 1. The summed E-state index contributed by atoms with van der Waals surface area (Å²) in [5, 5.41) is 18.3. The number of aliphatic hydroxyl groups excluding tert-OH is 1. The Morgan fingerprint density at radius 2 is 1.79 bits per heavy atom. The summed E-state index contributed by atoms with van der Waals surface area (Å²) in [7, 11) is 0. The zero-order valence-electron chi connectivity index (χ0n) is 11.3. The number of carboxylic acid groups (broad SMARTS) is 1. The maximum absolute atomic E-state index is 12.4. The Hall–Kier alpha value is -1.30. The third kappa shape index (κ3) is 2.83. The van der Waals surface area contributed by atoms with Crippen molar-refractivity contribution in [2.24, 2.45) is 11.8 Å². The van der Waals surface area contributed by atoms with Gasteiger partial charge in [0.05, 0.1) is 0 Å². The number of urea groups is 1. The van der Waals surface area contributed by atoms with Gasteiger partial charge in [-0.2, -0.15) is 0 Å². The largest absolute Gasteiger partial charge is 0.480 e. The molecule has 0 aromatic carbocycles. The minimum atomic E-state index is -0.913. The molecule has 2 rings (SSSR count). The van der Waals surface area contributed by atoms with Gasteiger partial charge in [-0.1, -0.05) is 6.92 Å². The van der Waals surface area contributed by atoms with E-state index in [2.05, 4.69) is 0 Å². The van der Waals surface area contributed by atoms with Gasteiger partial charge in [-0.3, -0.25) is 0 Å². The molecule has 2 heterocycles. The van der Waals surface area contributed by atoms with Gasteiger partial charge in [-0.25, -0.2) is 9.59 Å². The van der Waals surface area contributed by atoms with Gasteiger partial charge in [-0.05, 0) is 31.1 Å². The van der Waals surface area contributed by atoms with Crippen LogP contribution in [-0.2, 0) is 4.79 Å². The lowest BCUT2D eigenvalue weighted by atomic mass is 9.98. The first-order valence-electron chi connectivity index (χ1n) is 6.93. The van der Waals surface area contributed by atoms with Crippen molar-refractivity contribution in [1.82, 2.24) is 9.80 Å². The van der Waals surface area contributed by atoms with Crippen LogP contribution in [0.2, 0.25) is 0 Å². The average Bonchev–Trinajstić information content (AvgIpc) is 2.80. The number of carbonyl (C=O) groups is 2. The van der Waals surface area contributed by atoms with Gasteiger partial charge in [-0.15, -0.1) is 0 Å². The summed E-state index contributed by atoms with van der Waals surface area (Å²) in [6, 6.07) is -0.851. The van der Waals surface area contributed by atoms with Gasteiger partial charge in [0.15, 0.2) is 0 Å². The number of hydrogen-bond donors (Lipinski definition) is 2. The number of aliphatic hydroxyl groups is 1. The van der Waals surface area contributed by atoms with E-state index in [0.29, 0.717) is 19.6 Å². The SMILES string of the molecule is CC1CCN(C(=O)N2CCC(CO)CC2)C1C(=O)O. The molecular formula is C13H22N2O4. The number of aliphatic carboxylic acids is 1. The molecule has 2 aliphatic rings. The second-order valence-electron chi connectivity index (χ2n) is 5.64. The number of hydrogen-bond acceptors (Lipinski definition) is 3. The molecule has 6 nitrogen and oxygen atoms in total. The van der Waals surface area contributed by atoms with Gasteiger partial charge in [0.25, 0.3) is 0 Å². The van der Waals surface area contributed by atoms with E-state index in [-0.39, 0.29) is 24.5 Å². The quantitative estimate of drug-likeness (QED) is 0.770. The van der Waals surface area contributed by atoms with Crippen molar-refractivity contribution < 1.29 is 19.8 Å². The summed E-state index contributed by atoms with van der Waals surface area (Å²) in [4.78, 5) is 26.9. The van der Waals surface area contributed by atoms with Crippen LogP contribution in [0.25, 0.3) is 0 Å². The van der Waals surface area contributed by atoms with Gasteiger partial charge < -0.3 is 20.0 Å². The van der Waals surface area contributed by atoms with Crippen LogP contribution in [-0.4, -0.2) is 64.3 Å². The fourth-order valence-corrected chi connectivity index (χ4v) is 3.03. The minimum absolute atomic E-state index is 0.0106. The highest BCUT2D eigenvalue weighted by Crippen LogP contribution is 2.27. The lowest BCUT2D eigenvalue weighted by Gasteiger charge is -2.35. The van der Waals surface area contributed by atoms with Crippen LogP contribution in [0, 0.1) is 11.8 Å². The summed E-state index contributed by atoms with van der Waals surface area (Å²) >= 11 is 0. The number of carboxylic acids is 1. The summed E-state index contributed by atoms with van der Waals surface area (Å²) in [5.41, 5.74) is 0. The first-order valence-corrected chi connectivity index (χ1v) is 6.93. The molecule has 2 unspecified atom stereocenters. The van der Waals surface area contributed by atoms with Crippen LogP contribution >= 0.6 is 0 Å². The first kappa shape index (κ1) is 14.1. The number of rotatable bonds is 2. The minimum Gasteiger partial charge on any atom is -0.480 e. The van der Waals surface area contributed by atoms with Crippen LogP contribution in [0.1, 0.15) is 26.2 Å². The molecule has 0 saturated carbocycles. The van der Waals surface area contributed by atoms with Gasteiger partial charge in [0, 0.05) is 26.2 Å². The molecule has 0 aromatic rings. The smallest absolute Gasteiger partial charge is 0.326 e. The summed E-state index contributed by atoms with van der Waals surface area (Å²) < 4.78 is 0. The number of amides is 2. The molecule has 0 aromatic heterocycles. The predicted molar refractivity (Wildman–Crippen MR) is 68.7 cm³/mol. The van der Waals surface area contributed by atoms with Crippen molar-refractivity contribution in [3.63, 3.8) is 0 Å². The molecule has 0 spiro atoms. The van der Waals surface area contributed by atoms with E-state index in [1.165, 1.54) is 4.90 Å². The van der Waals surface area contributed by atoms with Crippen molar-refractivity contribution in [2.75, 3.05) is 26.2 Å². The molecule has 6 heteroatoms. The molecule has 2 fully saturated rings. The maximum Gasteiger partial charge on any atom is 0.326 e. The van der Waals surface area contributed by atoms with E-state index < -0.39 is 12.0 Å². The Morgan fingerprint density at radius 3 is 2.32 bits per heavy atom. The highest BCUT2D eigenvalue weighted by atomic mass is 16.4. The van der Waals surface area contributed by atoms with E-state index in [1.807, 2.05) is 6.92 Å². The molecule has 0 aliphatic carbocycles. The highest BCUT2D eigenvalue weighted by Gasteiger charge is 2.41. The maximum atomic E-state index is 12.4. The van der Waals surface area contributed by atoms with Crippen molar-refractivity contribution >= 4 is 12.0 Å². The van der Waals surface area contributed by atoms with E-state index >= 15 is 0 Å². The zero-order chi connectivity index (χ0) is 14.0. The Kier molecular flexibility index (Phi) is 4.29. The molecule has 2 N–H and O–H groups in total. The topological polar surface area (TPSA) is 81.1 Å². The Balaban J connectivity index is 1.98. The Morgan fingerprint density at radius 1 is 1.16 bits per heavy atom.